The average Bonchev–Trinajstić information content (AvgIpc) is 3.23. The van der Waals surface area contributed by atoms with Crippen LogP contribution in [0.1, 0.15) is 11.3 Å². The normalized spacial score (nSPS) is 17.3. The molecule has 0 spiro atoms. The third-order valence-electron chi connectivity index (χ3n) is 4.01. The van der Waals surface area contributed by atoms with Gasteiger partial charge in [-0.25, -0.2) is 8.78 Å². The summed E-state index contributed by atoms with van der Waals surface area (Å²) in [4.78, 5) is 7.40. The van der Waals surface area contributed by atoms with Crippen LogP contribution >= 0.6 is 35.3 Å². The summed E-state index contributed by atoms with van der Waals surface area (Å²) >= 11 is 1.69. The zero-order valence-electron chi connectivity index (χ0n) is 13.8. The Morgan fingerprint density at radius 1 is 1.36 bits per heavy atom. The Morgan fingerprint density at radius 3 is 2.88 bits per heavy atom. The Balaban J connectivity index is 0.00000225. The van der Waals surface area contributed by atoms with E-state index in [-0.39, 0.29) is 30.0 Å². The quantitative estimate of drug-likeness (QED) is 0.401. The third-order valence-corrected chi connectivity index (χ3v) is 4.89. The Bertz CT molecular complexity index is 709. The van der Waals surface area contributed by atoms with Gasteiger partial charge in [0.15, 0.2) is 5.96 Å². The van der Waals surface area contributed by atoms with E-state index in [9.17, 15) is 8.78 Å². The largest absolute Gasteiger partial charge is 0.367 e. The van der Waals surface area contributed by atoms with Crippen molar-refractivity contribution in [2.45, 2.75) is 19.0 Å². The van der Waals surface area contributed by atoms with E-state index in [2.05, 4.69) is 21.7 Å². The van der Waals surface area contributed by atoms with Crippen LogP contribution in [-0.2, 0) is 6.54 Å². The van der Waals surface area contributed by atoms with Gasteiger partial charge in [0.1, 0.15) is 11.6 Å². The van der Waals surface area contributed by atoms with Gasteiger partial charge in [0.2, 0.25) is 0 Å². The maximum atomic E-state index is 13.9. The summed E-state index contributed by atoms with van der Waals surface area (Å²) in [6.07, 6.45) is 0.872. The number of benzene rings is 1. The number of aliphatic imine (C=N–C) groups is 1. The topological polar surface area (TPSA) is 39.7 Å². The van der Waals surface area contributed by atoms with E-state index in [1.54, 1.807) is 18.4 Å². The van der Waals surface area contributed by atoms with Crippen LogP contribution in [0.5, 0.6) is 0 Å². The molecular formula is C17H21F2IN4S. The van der Waals surface area contributed by atoms with Crippen LogP contribution in [0.15, 0.2) is 40.7 Å². The second-order valence-corrected chi connectivity index (χ2v) is 6.71. The van der Waals surface area contributed by atoms with E-state index in [1.165, 1.54) is 17.0 Å². The number of anilines is 1. The molecule has 1 unspecified atom stereocenters. The highest BCUT2D eigenvalue weighted by Crippen LogP contribution is 2.24. The lowest BCUT2D eigenvalue weighted by Gasteiger charge is -2.20. The van der Waals surface area contributed by atoms with E-state index in [0.29, 0.717) is 12.2 Å². The molecule has 0 amide bonds. The molecule has 1 fully saturated rings. The van der Waals surface area contributed by atoms with Gasteiger partial charge in [0.25, 0.3) is 0 Å². The number of rotatable bonds is 4. The van der Waals surface area contributed by atoms with Gasteiger partial charge in [-0.1, -0.05) is 6.07 Å². The predicted octanol–water partition coefficient (Wildman–Crippen LogP) is 3.59. The third kappa shape index (κ3) is 5.27. The van der Waals surface area contributed by atoms with Gasteiger partial charge >= 0.3 is 0 Å². The zero-order chi connectivity index (χ0) is 16.9. The smallest absolute Gasteiger partial charge is 0.191 e. The molecule has 1 aromatic heterocycles. The fourth-order valence-electron chi connectivity index (χ4n) is 2.81. The van der Waals surface area contributed by atoms with Crippen molar-refractivity contribution in [3.63, 3.8) is 0 Å². The van der Waals surface area contributed by atoms with Crippen molar-refractivity contribution in [2.24, 2.45) is 4.99 Å². The Morgan fingerprint density at radius 2 is 2.20 bits per heavy atom. The van der Waals surface area contributed by atoms with Gasteiger partial charge in [-0.2, -0.15) is 0 Å². The number of halogens is 3. The predicted molar refractivity (Wildman–Crippen MR) is 110 cm³/mol. The number of guanidine groups is 1. The van der Waals surface area contributed by atoms with E-state index in [4.69, 9.17) is 0 Å². The first-order valence-corrected chi connectivity index (χ1v) is 8.73. The SMILES string of the molecule is CN=C(NCc1cccs1)NC1CCN(c2ccc(F)cc2F)C1.I. The van der Waals surface area contributed by atoms with Gasteiger partial charge in [0, 0.05) is 37.1 Å². The van der Waals surface area contributed by atoms with E-state index >= 15 is 0 Å². The molecular weight excluding hydrogens is 457 g/mol. The van der Waals surface area contributed by atoms with Crippen molar-refractivity contribution in [1.82, 2.24) is 10.6 Å². The molecule has 0 saturated carbocycles. The summed E-state index contributed by atoms with van der Waals surface area (Å²) in [5.74, 6) is -0.339. The molecule has 0 aliphatic carbocycles. The molecule has 4 nitrogen and oxygen atoms in total. The minimum atomic E-state index is -0.552. The van der Waals surface area contributed by atoms with Crippen LogP contribution in [0.3, 0.4) is 0 Å². The fourth-order valence-corrected chi connectivity index (χ4v) is 3.45. The standard InChI is InChI=1S/C17H20F2N4S.HI/c1-20-17(21-10-14-3-2-8-24-14)22-13-6-7-23(11-13)16-5-4-12(18)9-15(16)19;/h2-5,8-9,13H,6-7,10-11H2,1H3,(H2,20,21,22);1H. The van der Waals surface area contributed by atoms with Crippen molar-refractivity contribution in [3.05, 3.63) is 52.2 Å². The molecule has 25 heavy (non-hydrogen) atoms. The Kier molecular flexibility index (Phi) is 7.42. The van der Waals surface area contributed by atoms with Crippen molar-refractivity contribution in [1.29, 1.82) is 0 Å². The first-order chi connectivity index (χ1) is 11.7. The summed E-state index contributed by atoms with van der Waals surface area (Å²) in [7, 11) is 1.73. The van der Waals surface area contributed by atoms with Gasteiger partial charge in [-0.15, -0.1) is 35.3 Å². The monoisotopic (exact) mass is 478 g/mol. The van der Waals surface area contributed by atoms with Gasteiger partial charge in [0.05, 0.1) is 12.2 Å². The van der Waals surface area contributed by atoms with Gasteiger partial charge in [-0.3, -0.25) is 4.99 Å². The van der Waals surface area contributed by atoms with E-state index in [0.717, 1.165) is 31.5 Å². The minimum Gasteiger partial charge on any atom is -0.367 e. The highest BCUT2D eigenvalue weighted by atomic mass is 127. The summed E-state index contributed by atoms with van der Waals surface area (Å²) in [6, 6.07) is 7.97. The van der Waals surface area contributed by atoms with E-state index in [1.807, 2.05) is 16.3 Å². The van der Waals surface area contributed by atoms with Crippen LogP contribution in [0.25, 0.3) is 0 Å². The molecule has 2 aromatic rings. The van der Waals surface area contributed by atoms with Crippen LogP contribution in [0, 0.1) is 11.6 Å². The average molecular weight is 478 g/mol. The summed E-state index contributed by atoms with van der Waals surface area (Å²) < 4.78 is 26.9. The van der Waals surface area contributed by atoms with Crippen LogP contribution in [0.4, 0.5) is 14.5 Å². The van der Waals surface area contributed by atoms with Crippen molar-refractivity contribution >= 4 is 47.0 Å². The lowest BCUT2D eigenvalue weighted by atomic mass is 10.2. The highest BCUT2D eigenvalue weighted by molar-refractivity contribution is 14.0. The molecule has 136 valence electrons. The molecule has 1 aromatic carbocycles. The molecule has 0 radical (unpaired) electrons. The van der Waals surface area contributed by atoms with Crippen molar-refractivity contribution in [2.75, 3.05) is 25.0 Å². The maximum Gasteiger partial charge on any atom is 0.191 e. The first-order valence-electron chi connectivity index (χ1n) is 7.85. The van der Waals surface area contributed by atoms with Gasteiger partial charge < -0.3 is 15.5 Å². The zero-order valence-corrected chi connectivity index (χ0v) is 17.0. The number of nitrogens with zero attached hydrogens (tertiary/aromatic N) is 2. The maximum absolute atomic E-state index is 13.9. The number of hydrogen-bond acceptors (Lipinski definition) is 3. The highest BCUT2D eigenvalue weighted by Gasteiger charge is 2.25. The molecule has 3 rings (SSSR count). The molecule has 8 heteroatoms. The molecule has 1 aliphatic heterocycles. The second-order valence-electron chi connectivity index (χ2n) is 5.68. The van der Waals surface area contributed by atoms with Crippen molar-refractivity contribution < 1.29 is 8.78 Å². The molecule has 1 atom stereocenters. The molecule has 0 bridgehead atoms. The van der Waals surface area contributed by atoms with Crippen LogP contribution < -0.4 is 15.5 Å². The lowest BCUT2D eigenvalue weighted by molar-refractivity contribution is 0.580. The molecule has 1 aliphatic rings. The summed E-state index contributed by atoms with van der Waals surface area (Å²) in [6.45, 7) is 2.10. The van der Waals surface area contributed by atoms with Crippen molar-refractivity contribution in [3.8, 4) is 0 Å². The van der Waals surface area contributed by atoms with Crippen LogP contribution in [0.2, 0.25) is 0 Å². The Labute approximate surface area is 167 Å². The minimum absolute atomic E-state index is 0. The molecule has 2 heterocycles. The lowest BCUT2D eigenvalue weighted by Crippen LogP contribution is -2.44. The summed E-state index contributed by atoms with van der Waals surface area (Å²) in [5, 5.41) is 8.68. The van der Waals surface area contributed by atoms with Gasteiger partial charge in [-0.05, 0) is 30.0 Å². The van der Waals surface area contributed by atoms with Crippen LogP contribution in [-0.4, -0.2) is 32.1 Å². The second kappa shape index (κ2) is 9.33. The Hall–Kier alpha value is -1.42. The summed E-state index contributed by atoms with van der Waals surface area (Å²) in [5.41, 5.74) is 0.447. The molecule has 2 N–H and O–H groups in total. The first kappa shape index (κ1) is 19.9. The number of thiophene rings is 1. The molecule has 1 saturated heterocycles. The fraction of sp³-hybridized carbons (Fsp3) is 0.353. The number of hydrogen-bond donors (Lipinski definition) is 2. The number of nitrogens with one attached hydrogen (secondary N) is 2. The van der Waals surface area contributed by atoms with E-state index < -0.39 is 11.6 Å².